The molecule has 2 heteroatoms. The summed E-state index contributed by atoms with van der Waals surface area (Å²) < 4.78 is 0. The van der Waals surface area contributed by atoms with E-state index < -0.39 is 0 Å². The Labute approximate surface area is 81.1 Å². The van der Waals surface area contributed by atoms with Crippen molar-refractivity contribution < 1.29 is 4.79 Å². The molecule has 1 aliphatic heterocycles. The highest BCUT2D eigenvalue weighted by molar-refractivity contribution is 5.76. The molecule has 1 fully saturated rings. The number of rotatable bonds is 2. The fourth-order valence-electron chi connectivity index (χ4n) is 1.99. The van der Waals surface area contributed by atoms with Crippen LogP contribution in [-0.2, 0) is 4.79 Å². The predicted molar refractivity (Wildman–Crippen MR) is 54.4 cm³/mol. The Morgan fingerprint density at radius 2 is 2.15 bits per heavy atom. The summed E-state index contributed by atoms with van der Waals surface area (Å²) in [6.45, 7) is 7.73. The number of hydrogen-bond donors (Lipinski definition) is 1. The summed E-state index contributed by atoms with van der Waals surface area (Å²) in [6, 6.07) is 0. The van der Waals surface area contributed by atoms with E-state index in [2.05, 4.69) is 26.1 Å². The summed E-state index contributed by atoms with van der Waals surface area (Å²) in [6.07, 6.45) is 4.12. The first kappa shape index (κ1) is 10.6. The van der Waals surface area contributed by atoms with Gasteiger partial charge in [0.1, 0.15) is 0 Å². The Hall–Kier alpha value is -0.530. The number of amides is 1. The molecular formula is C11H21NO. The molecule has 0 aromatic heterocycles. The van der Waals surface area contributed by atoms with Gasteiger partial charge >= 0.3 is 0 Å². The summed E-state index contributed by atoms with van der Waals surface area (Å²) in [7, 11) is 0. The molecule has 1 heterocycles. The summed E-state index contributed by atoms with van der Waals surface area (Å²) >= 11 is 0. The number of carbonyl (C=O) groups excluding carboxylic acids is 1. The third-order valence-corrected chi connectivity index (χ3v) is 3.55. The Morgan fingerprint density at radius 1 is 1.46 bits per heavy atom. The van der Waals surface area contributed by atoms with Gasteiger partial charge in [-0.15, -0.1) is 0 Å². The third kappa shape index (κ3) is 2.71. The van der Waals surface area contributed by atoms with Gasteiger partial charge in [-0.1, -0.05) is 27.2 Å². The van der Waals surface area contributed by atoms with Crippen molar-refractivity contribution in [1.82, 2.24) is 5.32 Å². The van der Waals surface area contributed by atoms with Crippen LogP contribution in [0.2, 0.25) is 0 Å². The molecule has 0 radical (unpaired) electrons. The maximum absolute atomic E-state index is 11.1. The summed E-state index contributed by atoms with van der Waals surface area (Å²) in [5, 5.41) is 2.93. The first-order valence-corrected chi connectivity index (χ1v) is 5.33. The fraction of sp³-hybridized carbons (Fsp3) is 0.909. The molecule has 2 nitrogen and oxygen atoms in total. The second-order valence-electron chi connectivity index (χ2n) is 4.72. The van der Waals surface area contributed by atoms with Crippen LogP contribution in [0.25, 0.3) is 0 Å². The van der Waals surface area contributed by atoms with Gasteiger partial charge in [0.05, 0.1) is 0 Å². The van der Waals surface area contributed by atoms with Crippen LogP contribution in [0.5, 0.6) is 0 Å². The monoisotopic (exact) mass is 183 g/mol. The van der Waals surface area contributed by atoms with Crippen LogP contribution in [-0.4, -0.2) is 12.5 Å². The fourth-order valence-corrected chi connectivity index (χ4v) is 1.99. The van der Waals surface area contributed by atoms with Crippen molar-refractivity contribution in [3.05, 3.63) is 0 Å². The second-order valence-corrected chi connectivity index (χ2v) is 4.72. The molecule has 1 N–H and O–H groups in total. The van der Waals surface area contributed by atoms with Gasteiger partial charge in [0, 0.05) is 13.0 Å². The molecule has 1 saturated heterocycles. The van der Waals surface area contributed by atoms with Crippen molar-refractivity contribution in [1.29, 1.82) is 0 Å². The first-order chi connectivity index (χ1) is 6.06. The molecule has 1 aliphatic rings. The summed E-state index contributed by atoms with van der Waals surface area (Å²) in [5.41, 5.74) is 0.395. The summed E-state index contributed by atoms with van der Waals surface area (Å²) in [5.74, 6) is 0.936. The van der Waals surface area contributed by atoms with Crippen molar-refractivity contribution in [3.8, 4) is 0 Å². The van der Waals surface area contributed by atoms with Crippen molar-refractivity contribution in [2.24, 2.45) is 11.3 Å². The van der Waals surface area contributed by atoms with E-state index in [0.717, 1.165) is 19.4 Å². The maximum Gasteiger partial charge on any atom is 0.220 e. The zero-order valence-corrected chi connectivity index (χ0v) is 9.02. The Balaban J connectivity index is 2.55. The van der Waals surface area contributed by atoms with Gasteiger partial charge in [0.2, 0.25) is 5.91 Å². The van der Waals surface area contributed by atoms with Crippen molar-refractivity contribution in [3.63, 3.8) is 0 Å². The molecule has 1 rings (SSSR count). The largest absolute Gasteiger partial charge is 0.356 e. The molecule has 13 heavy (non-hydrogen) atoms. The van der Waals surface area contributed by atoms with Crippen molar-refractivity contribution in [2.75, 3.05) is 6.54 Å². The minimum Gasteiger partial charge on any atom is -0.356 e. The zero-order valence-electron chi connectivity index (χ0n) is 9.02. The first-order valence-electron chi connectivity index (χ1n) is 5.33. The number of nitrogens with one attached hydrogen (secondary N) is 1. The lowest BCUT2D eigenvalue weighted by Gasteiger charge is -2.32. The average Bonchev–Trinajstić information content (AvgIpc) is 2.30. The molecule has 0 aromatic rings. The standard InChI is InChI=1S/C11H21NO/c1-4-11(2,3)9-5-6-10(13)12-8-7-9/h9H,4-8H2,1-3H3,(H,12,13). The molecule has 1 unspecified atom stereocenters. The van der Waals surface area contributed by atoms with Gasteiger partial charge in [-0.3, -0.25) is 4.79 Å². The summed E-state index contributed by atoms with van der Waals surface area (Å²) in [4.78, 5) is 11.1. The van der Waals surface area contributed by atoms with E-state index in [1.54, 1.807) is 0 Å². The van der Waals surface area contributed by atoms with Crippen LogP contribution >= 0.6 is 0 Å². The topological polar surface area (TPSA) is 29.1 Å². The van der Waals surface area contributed by atoms with E-state index in [1.807, 2.05) is 0 Å². The number of hydrogen-bond acceptors (Lipinski definition) is 1. The van der Waals surface area contributed by atoms with Crippen LogP contribution in [0.3, 0.4) is 0 Å². The molecule has 1 amide bonds. The molecule has 0 bridgehead atoms. The van der Waals surface area contributed by atoms with Crippen molar-refractivity contribution >= 4 is 5.91 Å². The van der Waals surface area contributed by atoms with E-state index in [4.69, 9.17) is 0 Å². The Bertz CT molecular complexity index is 187. The van der Waals surface area contributed by atoms with Gasteiger partial charge in [0.25, 0.3) is 0 Å². The van der Waals surface area contributed by atoms with E-state index in [9.17, 15) is 4.79 Å². The number of carbonyl (C=O) groups is 1. The highest BCUT2D eigenvalue weighted by Gasteiger charge is 2.29. The SMILES string of the molecule is CCC(C)(C)C1CCNC(=O)CC1. The van der Waals surface area contributed by atoms with Gasteiger partial charge < -0.3 is 5.32 Å². The molecule has 0 spiro atoms. The smallest absolute Gasteiger partial charge is 0.220 e. The van der Waals surface area contributed by atoms with E-state index in [1.165, 1.54) is 6.42 Å². The molecule has 0 aliphatic carbocycles. The highest BCUT2D eigenvalue weighted by atomic mass is 16.1. The van der Waals surface area contributed by atoms with Gasteiger partial charge in [0.15, 0.2) is 0 Å². The third-order valence-electron chi connectivity index (χ3n) is 3.55. The van der Waals surface area contributed by atoms with E-state index in [0.29, 0.717) is 17.8 Å². The molecule has 76 valence electrons. The molecule has 1 atom stereocenters. The zero-order chi connectivity index (χ0) is 9.90. The van der Waals surface area contributed by atoms with E-state index >= 15 is 0 Å². The lowest BCUT2D eigenvalue weighted by Crippen LogP contribution is -2.25. The van der Waals surface area contributed by atoms with Gasteiger partial charge in [-0.25, -0.2) is 0 Å². The minimum atomic E-state index is 0.231. The van der Waals surface area contributed by atoms with Gasteiger partial charge in [-0.05, 0) is 24.2 Å². The minimum absolute atomic E-state index is 0.231. The average molecular weight is 183 g/mol. The predicted octanol–water partition coefficient (Wildman–Crippen LogP) is 2.34. The lowest BCUT2D eigenvalue weighted by molar-refractivity contribution is -0.120. The molecular weight excluding hydrogens is 162 g/mol. The van der Waals surface area contributed by atoms with Crippen LogP contribution in [0.15, 0.2) is 0 Å². The van der Waals surface area contributed by atoms with Crippen LogP contribution < -0.4 is 5.32 Å². The van der Waals surface area contributed by atoms with Gasteiger partial charge in [-0.2, -0.15) is 0 Å². The van der Waals surface area contributed by atoms with Crippen LogP contribution in [0, 0.1) is 11.3 Å². The highest BCUT2D eigenvalue weighted by Crippen LogP contribution is 2.36. The van der Waals surface area contributed by atoms with Crippen LogP contribution in [0.4, 0.5) is 0 Å². The lowest BCUT2D eigenvalue weighted by atomic mass is 9.73. The molecule has 0 saturated carbocycles. The quantitative estimate of drug-likeness (QED) is 0.699. The molecule has 0 aromatic carbocycles. The Morgan fingerprint density at radius 3 is 2.77 bits per heavy atom. The van der Waals surface area contributed by atoms with Crippen LogP contribution in [0.1, 0.15) is 46.5 Å². The maximum atomic E-state index is 11.1. The second kappa shape index (κ2) is 4.12. The Kier molecular flexibility index (Phi) is 3.34. The normalized spacial score (nSPS) is 25.2. The van der Waals surface area contributed by atoms with Crippen molar-refractivity contribution in [2.45, 2.75) is 46.5 Å². The van der Waals surface area contributed by atoms with E-state index in [-0.39, 0.29) is 5.91 Å².